The van der Waals surface area contributed by atoms with Gasteiger partial charge in [-0.25, -0.2) is 18.2 Å². The van der Waals surface area contributed by atoms with Crippen LogP contribution in [-0.4, -0.2) is 34.1 Å². The normalized spacial score (nSPS) is 10.7. The lowest BCUT2D eigenvalue weighted by Gasteiger charge is -2.12. The van der Waals surface area contributed by atoms with Gasteiger partial charge in [-0.15, -0.1) is 0 Å². The fourth-order valence-corrected chi connectivity index (χ4v) is 1.67. The maximum atomic E-state index is 13.1. The summed E-state index contributed by atoms with van der Waals surface area (Å²) >= 11 is 0. The number of benzene rings is 1. The highest BCUT2D eigenvalue weighted by molar-refractivity contribution is 5.92. The van der Waals surface area contributed by atoms with Gasteiger partial charge < -0.3 is 10.1 Å². The largest absolute Gasteiger partial charge is 0.485 e. The van der Waals surface area contributed by atoms with E-state index in [0.717, 1.165) is 12.1 Å². The van der Waals surface area contributed by atoms with Gasteiger partial charge in [0.2, 0.25) is 5.91 Å². The average molecular weight is 314 g/mol. The molecule has 0 atom stereocenters. The summed E-state index contributed by atoms with van der Waals surface area (Å²) in [5.74, 6) is -0.634. The first-order valence-corrected chi connectivity index (χ1v) is 6.39. The molecule has 0 spiro atoms. The van der Waals surface area contributed by atoms with E-state index in [-0.39, 0.29) is 23.8 Å². The van der Waals surface area contributed by atoms with Crippen molar-refractivity contribution in [3.05, 3.63) is 36.2 Å². The number of amides is 1. The summed E-state index contributed by atoms with van der Waals surface area (Å²) in [6.45, 7) is -0.885. The van der Waals surface area contributed by atoms with Gasteiger partial charge in [-0.2, -0.15) is 5.10 Å². The zero-order valence-electron chi connectivity index (χ0n) is 11.4. The average Bonchev–Trinajstić information content (AvgIpc) is 2.98. The van der Waals surface area contributed by atoms with E-state index in [0.29, 0.717) is 12.2 Å². The van der Waals surface area contributed by atoms with Crippen molar-refractivity contribution >= 4 is 11.6 Å². The number of H-pyrrole nitrogens is 1. The zero-order valence-corrected chi connectivity index (χ0v) is 11.4. The van der Waals surface area contributed by atoms with E-state index in [2.05, 4.69) is 20.5 Å². The molecule has 1 aromatic carbocycles. The van der Waals surface area contributed by atoms with E-state index >= 15 is 0 Å². The first-order chi connectivity index (χ1) is 10.5. The molecule has 0 saturated carbocycles. The van der Waals surface area contributed by atoms with Gasteiger partial charge in [0.25, 0.3) is 6.43 Å². The number of halogens is 3. The summed E-state index contributed by atoms with van der Waals surface area (Å²) in [5, 5.41) is 8.74. The molecule has 6 nitrogen and oxygen atoms in total. The molecule has 1 heterocycles. The third-order valence-electron chi connectivity index (χ3n) is 2.64. The number of aryl methyl sites for hydroxylation is 1. The van der Waals surface area contributed by atoms with Crippen LogP contribution in [0.4, 0.5) is 18.9 Å². The van der Waals surface area contributed by atoms with Crippen LogP contribution >= 0.6 is 0 Å². The second-order valence-corrected chi connectivity index (χ2v) is 4.32. The summed E-state index contributed by atoms with van der Waals surface area (Å²) < 4.78 is 42.3. The van der Waals surface area contributed by atoms with Crippen molar-refractivity contribution < 1.29 is 22.7 Å². The predicted octanol–water partition coefficient (Wildman–Crippen LogP) is 2.16. The summed E-state index contributed by atoms with van der Waals surface area (Å²) in [6, 6.07) is 3.29. The fraction of sp³-hybridized carbons (Fsp3) is 0.308. The molecule has 118 valence electrons. The lowest BCUT2D eigenvalue weighted by Crippen LogP contribution is -2.15. The van der Waals surface area contributed by atoms with E-state index < -0.39 is 18.8 Å². The molecular formula is C13H13F3N4O2. The molecular weight excluding hydrogens is 301 g/mol. The number of nitrogens with one attached hydrogen (secondary N) is 2. The Morgan fingerprint density at radius 3 is 2.91 bits per heavy atom. The van der Waals surface area contributed by atoms with Crippen molar-refractivity contribution in [2.75, 3.05) is 11.9 Å². The predicted molar refractivity (Wildman–Crippen MR) is 71.2 cm³/mol. The van der Waals surface area contributed by atoms with E-state index in [1.807, 2.05) is 0 Å². The summed E-state index contributed by atoms with van der Waals surface area (Å²) in [5.41, 5.74) is 0.129. The van der Waals surface area contributed by atoms with Crippen LogP contribution in [0.15, 0.2) is 24.5 Å². The zero-order chi connectivity index (χ0) is 15.9. The van der Waals surface area contributed by atoms with Crippen molar-refractivity contribution in [3.63, 3.8) is 0 Å². The Hall–Kier alpha value is -2.58. The minimum absolute atomic E-state index is 0.0981. The van der Waals surface area contributed by atoms with Crippen LogP contribution in [0.3, 0.4) is 0 Å². The summed E-state index contributed by atoms with van der Waals surface area (Å²) in [4.78, 5) is 15.7. The van der Waals surface area contributed by atoms with Gasteiger partial charge in [-0.1, -0.05) is 0 Å². The van der Waals surface area contributed by atoms with Gasteiger partial charge in [-0.3, -0.25) is 9.89 Å². The Morgan fingerprint density at radius 1 is 1.41 bits per heavy atom. The minimum Gasteiger partial charge on any atom is -0.485 e. The third kappa shape index (κ3) is 4.76. The van der Waals surface area contributed by atoms with Crippen LogP contribution in [0.2, 0.25) is 0 Å². The highest BCUT2D eigenvalue weighted by Gasteiger charge is 2.12. The topological polar surface area (TPSA) is 79.9 Å². The number of hydrogen-bond donors (Lipinski definition) is 2. The monoisotopic (exact) mass is 314 g/mol. The molecule has 0 radical (unpaired) electrons. The van der Waals surface area contributed by atoms with Gasteiger partial charge in [0.05, 0.1) is 5.69 Å². The van der Waals surface area contributed by atoms with Crippen LogP contribution in [-0.2, 0) is 11.2 Å². The maximum Gasteiger partial charge on any atom is 0.272 e. The van der Waals surface area contributed by atoms with Crippen molar-refractivity contribution in [2.45, 2.75) is 19.3 Å². The molecule has 0 unspecified atom stereocenters. The minimum atomic E-state index is -2.70. The Balaban J connectivity index is 1.96. The smallest absolute Gasteiger partial charge is 0.272 e. The molecule has 0 saturated heterocycles. The Bertz CT molecular complexity index is 620. The van der Waals surface area contributed by atoms with Crippen LogP contribution in [0.5, 0.6) is 5.75 Å². The van der Waals surface area contributed by atoms with Crippen LogP contribution in [0, 0.1) is 5.82 Å². The number of hydrogen-bond acceptors (Lipinski definition) is 4. The van der Waals surface area contributed by atoms with Gasteiger partial charge in [0, 0.05) is 18.9 Å². The fourth-order valence-electron chi connectivity index (χ4n) is 1.67. The van der Waals surface area contributed by atoms with Crippen molar-refractivity contribution in [3.8, 4) is 5.75 Å². The maximum absolute atomic E-state index is 13.1. The van der Waals surface area contributed by atoms with E-state index in [1.54, 1.807) is 0 Å². The summed E-state index contributed by atoms with van der Waals surface area (Å²) in [7, 11) is 0. The van der Waals surface area contributed by atoms with Crippen LogP contribution < -0.4 is 10.1 Å². The summed E-state index contributed by atoms with van der Waals surface area (Å²) in [6.07, 6.45) is -0.941. The molecule has 0 aliphatic carbocycles. The molecule has 1 aromatic heterocycles. The molecule has 9 heteroatoms. The molecule has 0 aliphatic rings. The number of aromatic nitrogens is 3. The lowest BCUT2D eigenvalue weighted by molar-refractivity contribution is -0.116. The second-order valence-electron chi connectivity index (χ2n) is 4.32. The highest BCUT2D eigenvalue weighted by atomic mass is 19.3. The molecule has 2 aromatic rings. The van der Waals surface area contributed by atoms with Gasteiger partial charge >= 0.3 is 0 Å². The van der Waals surface area contributed by atoms with Gasteiger partial charge in [-0.05, 0) is 12.1 Å². The molecule has 22 heavy (non-hydrogen) atoms. The Morgan fingerprint density at radius 2 is 2.23 bits per heavy atom. The number of rotatable bonds is 7. The SMILES string of the molecule is O=C(CCc1ncn[nH]1)Nc1ccc(F)cc1OCC(F)F. The molecule has 0 aliphatic heterocycles. The number of nitrogens with zero attached hydrogens (tertiary/aromatic N) is 2. The number of anilines is 1. The number of carbonyl (C=O) groups is 1. The highest BCUT2D eigenvalue weighted by Crippen LogP contribution is 2.26. The van der Waals surface area contributed by atoms with E-state index in [9.17, 15) is 18.0 Å². The quantitative estimate of drug-likeness (QED) is 0.821. The van der Waals surface area contributed by atoms with Gasteiger partial charge in [0.1, 0.15) is 30.3 Å². The first kappa shape index (κ1) is 15.8. The molecule has 2 rings (SSSR count). The van der Waals surface area contributed by atoms with Crippen LogP contribution in [0.25, 0.3) is 0 Å². The molecule has 0 bridgehead atoms. The standard InChI is InChI=1S/C13H13F3N4O2/c14-8-1-2-9(10(5-8)22-6-11(15)16)19-13(21)4-3-12-17-7-18-20-12/h1-2,5,7,11H,3-4,6H2,(H,19,21)(H,17,18,20). The van der Waals surface area contributed by atoms with Crippen molar-refractivity contribution in [1.29, 1.82) is 0 Å². The molecule has 2 N–H and O–H groups in total. The number of ether oxygens (including phenoxy) is 1. The Labute approximate surface area is 123 Å². The van der Waals surface area contributed by atoms with E-state index in [1.165, 1.54) is 12.4 Å². The Kier molecular flexibility index (Phi) is 5.34. The third-order valence-corrected chi connectivity index (χ3v) is 2.64. The molecule has 1 amide bonds. The van der Waals surface area contributed by atoms with Crippen molar-refractivity contribution in [1.82, 2.24) is 15.2 Å². The van der Waals surface area contributed by atoms with Crippen molar-refractivity contribution in [2.24, 2.45) is 0 Å². The number of aromatic amines is 1. The van der Waals surface area contributed by atoms with E-state index in [4.69, 9.17) is 4.74 Å². The van der Waals surface area contributed by atoms with Gasteiger partial charge in [0.15, 0.2) is 0 Å². The molecule has 0 fully saturated rings. The first-order valence-electron chi connectivity index (χ1n) is 6.39. The lowest BCUT2D eigenvalue weighted by atomic mass is 10.2. The number of carbonyl (C=O) groups excluding carboxylic acids is 1. The second kappa shape index (κ2) is 7.43. The number of alkyl halides is 2. The van der Waals surface area contributed by atoms with Crippen LogP contribution in [0.1, 0.15) is 12.2 Å².